The van der Waals surface area contributed by atoms with Crippen molar-refractivity contribution in [3.05, 3.63) is 71.8 Å². The molecule has 2 fully saturated rings. The van der Waals surface area contributed by atoms with E-state index in [0.717, 1.165) is 5.56 Å². The van der Waals surface area contributed by atoms with E-state index in [2.05, 4.69) is 5.16 Å². The SMILES string of the molecule is CCO[C@@H]1C[C@]2(C(=O)c3ccccc3)ON=C(c3ccccc3)[C@@]23C[C@@H](OCC)ON3O1. The Bertz CT molecular complexity index is 1000. The highest BCUT2D eigenvalue weighted by atomic mass is 17.0. The Morgan fingerprint density at radius 2 is 1.56 bits per heavy atom. The zero-order valence-electron chi connectivity index (χ0n) is 18.1. The molecule has 2 aromatic carbocycles. The average Bonchev–Trinajstić information content (AvgIpc) is 3.36. The molecule has 0 unspecified atom stereocenters. The second-order valence-corrected chi connectivity index (χ2v) is 7.93. The molecule has 168 valence electrons. The quantitative estimate of drug-likeness (QED) is 0.613. The van der Waals surface area contributed by atoms with E-state index in [4.69, 9.17) is 24.0 Å². The first-order valence-corrected chi connectivity index (χ1v) is 10.9. The van der Waals surface area contributed by atoms with E-state index in [0.29, 0.717) is 30.9 Å². The van der Waals surface area contributed by atoms with Gasteiger partial charge in [0.1, 0.15) is 5.71 Å². The molecule has 0 bridgehead atoms. The van der Waals surface area contributed by atoms with Crippen molar-refractivity contribution in [1.82, 2.24) is 5.23 Å². The maximum absolute atomic E-state index is 14.1. The highest BCUT2D eigenvalue weighted by Crippen LogP contribution is 2.55. The van der Waals surface area contributed by atoms with Crippen LogP contribution in [0.4, 0.5) is 0 Å². The molecule has 0 amide bonds. The van der Waals surface area contributed by atoms with Crippen molar-refractivity contribution in [2.24, 2.45) is 5.16 Å². The molecule has 3 heterocycles. The summed E-state index contributed by atoms with van der Waals surface area (Å²) in [5.74, 6) is -0.202. The lowest BCUT2D eigenvalue weighted by atomic mass is 9.67. The van der Waals surface area contributed by atoms with E-state index in [1.807, 2.05) is 62.4 Å². The summed E-state index contributed by atoms with van der Waals surface area (Å²) < 4.78 is 11.6. The minimum absolute atomic E-state index is 0.160. The molecule has 4 atom stereocenters. The van der Waals surface area contributed by atoms with Gasteiger partial charge < -0.3 is 14.3 Å². The van der Waals surface area contributed by atoms with Crippen LogP contribution in [0.3, 0.4) is 0 Å². The summed E-state index contributed by atoms with van der Waals surface area (Å²) in [5, 5.41) is 5.82. The first kappa shape index (κ1) is 21.2. The topological polar surface area (TPSA) is 78.8 Å². The molecule has 8 nitrogen and oxygen atoms in total. The number of hydrogen-bond acceptors (Lipinski definition) is 8. The van der Waals surface area contributed by atoms with Gasteiger partial charge in [-0.1, -0.05) is 65.8 Å². The highest BCUT2D eigenvalue weighted by molar-refractivity contribution is 6.16. The van der Waals surface area contributed by atoms with Gasteiger partial charge in [-0.05, 0) is 19.1 Å². The monoisotopic (exact) mass is 438 g/mol. The number of benzene rings is 2. The molecule has 8 heteroatoms. The average molecular weight is 438 g/mol. The molecule has 0 aromatic heterocycles. The Hall–Kier alpha value is -2.62. The molecule has 1 spiro atoms. The van der Waals surface area contributed by atoms with Crippen LogP contribution >= 0.6 is 0 Å². The predicted octanol–water partition coefficient (Wildman–Crippen LogP) is 3.48. The Labute approximate surface area is 186 Å². The van der Waals surface area contributed by atoms with Crippen LogP contribution in [0.2, 0.25) is 0 Å². The van der Waals surface area contributed by atoms with Crippen molar-refractivity contribution in [2.75, 3.05) is 13.2 Å². The molecule has 0 N–H and O–H groups in total. The van der Waals surface area contributed by atoms with Crippen LogP contribution in [-0.2, 0) is 24.0 Å². The van der Waals surface area contributed by atoms with E-state index in [-0.39, 0.29) is 12.2 Å². The number of hydroxylamine groups is 2. The van der Waals surface area contributed by atoms with Crippen LogP contribution in [0.1, 0.15) is 42.6 Å². The Morgan fingerprint density at radius 1 is 0.969 bits per heavy atom. The number of rotatable bonds is 7. The lowest BCUT2D eigenvalue weighted by Gasteiger charge is -2.48. The fraction of sp³-hybridized carbons (Fsp3) is 0.417. The van der Waals surface area contributed by atoms with Crippen LogP contribution in [0, 0.1) is 0 Å². The summed E-state index contributed by atoms with van der Waals surface area (Å²) in [4.78, 5) is 32.4. The Kier molecular flexibility index (Phi) is 5.56. The van der Waals surface area contributed by atoms with Crippen LogP contribution < -0.4 is 0 Å². The number of oxime groups is 1. The van der Waals surface area contributed by atoms with Gasteiger partial charge in [-0.25, -0.2) is 9.68 Å². The van der Waals surface area contributed by atoms with Crippen molar-refractivity contribution < 1.29 is 28.8 Å². The molecular weight excluding hydrogens is 412 g/mol. The van der Waals surface area contributed by atoms with Gasteiger partial charge in [-0.15, -0.1) is 0 Å². The predicted molar refractivity (Wildman–Crippen MR) is 114 cm³/mol. The largest absolute Gasteiger partial charge is 0.378 e. The lowest BCUT2D eigenvalue weighted by molar-refractivity contribution is -0.471. The number of Topliss-reactive ketones (excluding diaryl/α,β-unsaturated/α-hetero) is 1. The van der Waals surface area contributed by atoms with E-state index >= 15 is 0 Å². The van der Waals surface area contributed by atoms with Gasteiger partial charge in [-0.2, -0.15) is 0 Å². The van der Waals surface area contributed by atoms with Crippen molar-refractivity contribution in [1.29, 1.82) is 0 Å². The van der Waals surface area contributed by atoms with E-state index in [1.54, 1.807) is 12.1 Å². The minimum Gasteiger partial charge on any atom is -0.378 e. The van der Waals surface area contributed by atoms with Crippen LogP contribution in [-0.4, -0.2) is 53.7 Å². The fourth-order valence-electron chi connectivity index (χ4n) is 4.79. The summed E-state index contributed by atoms with van der Waals surface area (Å²) >= 11 is 0. The molecule has 2 saturated heterocycles. The van der Waals surface area contributed by atoms with Gasteiger partial charge >= 0.3 is 0 Å². The normalized spacial score (nSPS) is 31.5. The number of ketones is 1. The zero-order valence-corrected chi connectivity index (χ0v) is 18.1. The second kappa shape index (κ2) is 8.38. The van der Waals surface area contributed by atoms with E-state index < -0.39 is 23.7 Å². The summed E-state index contributed by atoms with van der Waals surface area (Å²) in [6.45, 7) is 4.61. The highest BCUT2D eigenvalue weighted by Gasteiger charge is 2.76. The first-order chi connectivity index (χ1) is 15.6. The first-order valence-electron chi connectivity index (χ1n) is 10.9. The summed E-state index contributed by atoms with van der Waals surface area (Å²) in [5.41, 5.74) is -0.648. The van der Waals surface area contributed by atoms with Crippen LogP contribution in [0.5, 0.6) is 0 Å². The fourth-order valence-corrected chi connectivity index (χ4v) is 4.79. The molecule has 3 aliphatic heterocycles. The van der Waals surface area contributed by atoms with E-state index in [1.165, 1.54) is 5.23 Å². The maximum Gasteiger partial charge on any atom is 0.233 e. The number of carbonyl (C=O) groups is 1. The third-order valence-corrected chi connectivity index (χ3v) is 6.16. The third kappa shape index (κ3) is 3.10. The van der Waals surface area contributed by atoms with Gasteiger partial charge in [0.2, 0.25) is 11.4 Å². The molecule has 32 heavy (non-hydrogen) atoms. The van der Waals surface area contributed by atoms with Crippen molar-refractivity contribution in [3.8, 4) is 0 Å². The smallest absolute Gasteiger partial charge is 0.233 e. The van der Waals surface area contributed by atoms with Gasteiger partial charge in [0.15, 0.2) is 18.1 Å². The van der Waals surface area contributed by atoms with Gasteiger partial charge in [0.25, 0.3) is 0 Å². The van der Waals surface area contributed by atoms with Gasteiger partial charge in [-0.3, -0.25) is 4.79 Å². The van der Waals surface area contributed by atoms with Crippen LogP contribution in [0.15, 0.2) is 65.8 Å². The summed E-state index contributed by atoms with van der Waals surface area (Å²) in [6.07, 6.45) is -0.899. The molecule has 3 aliphatic rings. The Balaban J connectivity index is 1.67. The van der Waals surface area contributed by atoms with Gasteiger partial charge in [0.05, 0.1) is 6.42 Å². The summed E-state index contributed by atoms with van der Waals surface area (Å²) in [6, 6.07) is 18.7. The molecule has 0 saturated carbocycles. The standard InChI is InChI=1S/C24H26N2O6/c1-3-28-19-15-23-21(17-11-7-5-8-12-17)25-32-24(23,22(27)18-13-9-6-10-14-18)16-20(29-4-2)31-26(23)30-19/h5-14,19-20H,3-4,15-16H2,1-2H3/t19-,20-,23-,24+/m0/s1. The van der Waals surface area contributed by atoms with Crippen LogP contribution in [0.25, 0.3) is 0 Å². The number of nitrogens with zero attached hydrogens (tertiary/aromatic N) is 2. The molecular formula is C24H26N2O6. The molecule has 0 radical (unpaired) electrons. The molecule has 2 aromatic rings. The Morgan fingerprint density at radius 3 is 2.19 bits per heavy atom. The second-order valence-electron chi connectivity index (χ2n) is 7.93. The lowest BCUT2D eigenvalue weighted by Crippen LogP contribution is -2.71. The summed E-state index contributed by atoms with van der Waals surface area (Å²) in [7, 11) is 0. The number of carbonyl (C=O) groups excluding carboxylic acids is 1. The van der Waals surface area contributed by atoms with Crippen molar-refractivity contribution in [3.63, 3.8) is 0 Å². The molecule has 0 aliphatic carbocycles. The van der Waals surface area contributed by atoms with Crippen molar-refractivity contribution >= 4 is 11.5 Å². The van der Waals surface area contributed by atoms with E-state index in [9.17, 15) is 4.79 Å². The molecule has 5 rings (SSSR count). The van der Waals surface area contributed by atoms with Crippen molar-refractivity contribution in [2.45, 2.75) is 50.4 Å². The third-order valence-electron chi connectivity index (χ3n) is 6.16. The zero-order chi connectivity index (χ0) is 22.2. The number of hydrogen-bond donors (Lipinski definition) is 0. The minimum atomic E-state index is -1.41. The maximum atomic E-state index is 14.1. The number of ether oxygens (including phenoxy) is 2. The van der Waals surface area contributed by atoms with Gasteiger partial charge in [0, 0.05) is 30.8 Å².